The molecule has 0 saturated heterocycles. The van der Waals surface area contributed by atoms with Crippen LogP contribution in [0.4, 0.5) is 0 Å². The molecule has 4 heteroatoms. The Labute approximate surface area is 100 Å². The smallest absolute Gasteiger partial charge is 0.308 e. The van der Waals surface area contributed by atoms with Crippen molar-refractivity contribution in [3.63, 3.8) is 0 Å². The van der Waals surface area contributed by atoms with E-state index >= 15 is 0 Å². The summed E-state index contributed by atoms with van der Waals surface area (Å²) in [5, 5.41) is 9.74. The molecule has 0 saturated carbocycles. The first-order chi connectivity index (χ1) is 7.43. The topological polar surface area (TPSA) is 63.3 Å². The van der Waals surface area contributed by atoms with E-state index in [-0.39, 0.29) is 5.92 Å². The third kappa shape index (κ3) is 2.97. The Morgan fingerprint density at radius 1 is 1.31 bits per heavy atom. The van der Waals surface area contributed by atoms with Gasteiger partial charge in [-0.2, -0.15) is 0 Å². The lowest BCUT2D eigenvalue weighted by atomic mass is 9.85. The van der Waals surface area contributed by atoms with Crippen LogP contribution < -0.4 is 5.73 Å². The van der Waals surface area contributed by atoms with Crippen LogP contribution in [0.3, 0.4) is 0 Å². The van der Waals surface area contributed by atoms with Crippen molar-refractivity contribution in [3.05, 3.63) is 34.9 Å². The Hall–Kier alpha value is -1.06. The van der Waals surface area contributed by atoms with Crippen molar-refractivity contribution >= 4 is 17.6 Å². The van der Waals surface area contributed by atoms with E-state index in [9.17, 15) is 4.79 Å². The molecule has 0 spiro atoms. The summed E-state index contributed by atoms with van der Waals surface area (Å²) in [6.45, 7) is 3.71. The van der Waals surface area contributed by atoms with E-state index in [1.165, 1.54) is 0 Å². The molecule has 3 nitrogen and oxygen atoms in total. The van der Waals surface area contributed by atoms with Crippen LogP contribution in [0.15, 0.2) is 24.3 Å². The van der Waals surface area contributed by atoms with Crippen LogP contribution in [0, 0.1) is 11.8 Å². The van der Waals surface area contributed by atoms with Gasteiger partial charge >= 0.3 is 5.97 Å². The van der Waals surface area contributed by atoms with Crippen LogP contribution in [0.5, 0.6) is 0 Å². The molecule has 1 rings (SSSR count). The molecule has 1 aromatic rings. The number of rotatable bonds is 4. The number of aliphatic carboxylic acids is 1. The summed E-state index contributed by atoms with van der Waals surface area (Å²) in [7, 11) is 0. The van der Waals surface area contributed by atoms with Crippen LogP contribution in [0.2, 0.25) is 5.02 Å². The second-order valence-electron chi connectivity index (χ2n) is 4.19. The molecule has 2 atom stereocenters. The number of nitrogens with two attached hydrogens (primary N) is 1. The maximum atomic E-state index is 11.1. The fourth-order valence-corrected chi connectivity index (χ4v) is 1.87. The van der Waals surface area contributed by atoms with Crippen molar-refractivity contribution in [1.29, 1.82) is 0 Å². The Bertz CT molecular complexity index is 362. The standard InChI is InChI=1S/C12H16ClNO2/c1-7(2)10(12(15)16)11(14)8-3-5-9(13)6-4-8/h3-7,10-11H,14H2,1-2H3,(H,15,16). The highest BCUT2D eigenvalue weighted by molar-refractivity contribution is 6.30. The highest BCUT2D eigenvalue weighted by atomic mass is 35.5. The van der Waals surface area contributed by atoms with Gasteiger partial charge in [0.15, 0.2) is 0 Å². The van der Waals surface area contributed by atoms with E-state index in [1.54, 1.807) is 24.3 Å². The predicted molar refractivity (Wildman–Crippen MR) is 64.3 cm³/mol. The first kappa shape index (κ1) is 13.0. The normalized spacial score (nSPS) is 14.8. The van der Waals surface area contributed by atoms with Gasteiger partial charge in [0.25, 0.3) is 0 Å². The molecule has 0 radical (unpaired) electrons. The van der Waals surface area contributed by atoms with Gasteiger partial charge in [-0.05, 0) is 23.6 Å². The van der Waals surface area contributed by atoms with Crippen LogP contribution in [0.1, 0.15) is 25.5 Å². The third-order valence-corrected chi connectivity index (χ3v) is 2.90. The number of carboxylic acid groups (broad SMARTS) is 1. The lowest BCUT2D eigenvalue weighted by Gasteiger charge is -2.23. The van der Waals surface area contributed by atoms with Gasteiger partial charge in [-0.3, -0.25) is 4.79 Å². The molecule has 0 aliphatic carbocycles. The number of halogens is 1. The van der Waals surface area contributed by atoms with Crippen LogP contribution in [-0.2, 0) is 4.79 Å². The molecule has 0 amide bonds. The van der Waals surface area contributed by atoms with Crippen molar-refractivity contribution in [2.75, 3.05) is 0 Å². The molecule has 0 bridgehead atoms. The maximum absolute atomic E-state index is 11.1. The summed E-state index contributed by atoms with van der Waals surface area (Å²) >= 11 is 5.76. The molecule has 16 heavy (non-hydrogen) atoms. The Balaban J connectivity index is 2.94. The minimum absolute atomic E-state index is 0.0109. The number of hydrogen-bond acceptors (Lipinski definition) is 2. The Morgan fingerprint density at radius 3 is 2.19 bits per heavy atom. The van der Waals surface area contributed by atoms with Crippen molar-refractivity contribution in [3.8, 4) is 0 Å². The fourth-order valence-electron chi connectivity index (χ4n) is 1.75. The third-order valence-electron chi connectivity index (χ3n) is 2.65. The molecule has 0 aliphatic rings. The molecule has 2 unspecified atom stereocenters. The van der Waals surface area contributed by atoms with Gasteiger partial charge in [0.1, 0.15) is 0 Å². The molecule has 0 fully saturated rings. The molecular weight excluding hydrogens is 226 g/mol. The van der Waals surface area contributed by atoms with Gasteiger partial charge in [0, 0.05) is 11.1 Å². The highest BCUT2D eigenvalue weighted by Gasteiger charge is 2.29. The lowest BCUT2D eigenvalue weighted by molar-refractivity contribution is -0.144. The monoisotopic (exact) mass is 241 g/mol. The van der Waals surface area contributed by atoms with E-state index in [2.05, 4.69) is 0 Å². The minimum Gasteiger partial charge on any atom is -0.481 e. The molecule has 3 N–H and O–H groups in total. The number of hydrogen-bond donors (Lipinski definition) is 2. The van der Waals surface area contributed by atoms with E-state index in [0.29, 0.717) is 5.02 Å². The van der Waals surface area contributed by atoms with E-state index in [0.717, 1.165) is 5.56 Å². The van der Waals surface area contributed by atoms with Crippen LogP contribution in [-0.4, -0.2) is 11.1 Å². The summed E-state index contributed by atoms with van der Waals surface area (Å²) in [6.07, 6.45) is 0. The van der Waals surface area contributed by atoms with Gasteiger partial charge in [0.05, 0.1) is 5.92 Å². The van der Waals surface area contributed by atoms with Crippen molar-refractivity contribution in [2.45, 2.75) is 19.9 Å². The molecule has 0 heterocycles. The number of carboxylic acids is 1. The first-order valence-corrected chi connectivity index (χ1v) is 5.55. The minimum atomic E-state index is -0.863. The fraction of sp³-hybridized carbons (Fsp3) is 0.417. The largest absolute Gasteiger partial charge is 0.481 e. The molecule has 88 valence electrons. The average Bonchev–Trinajstić information content (AvgIpc) is 2.17. The number of carbonyl (C=O) groups is 1. The van der Waals surface area contributed by atoms with E-state index in [1.807, 2.05) is 13.8 Å². The van der Waals surface area contributed by atoms with Crippen molar-refractivity contribution in [2.24, 2.45) is 17.6 Å². The lowest BCUT2D eigenvalue weighted by Crippen LogP contribution is -2.32. The summed E-state index contributed by atoms with van der Waals surface area (Å²) in [4.78, 5) is 11.1. The zero-order valence-electron chi connectivity index (χ0n) is 9.35. The summed E-state index contributed by atoms with van der Waals surface area (Å²) < 4.78 is 0. The average molecular weight is 242 g/mol. The van der Waals surface area contributed by atoms with Crippen LogP contribution in [0.25, 0.3) is 0 Å². The van der Waals surface area contributed by atoms with Gasteiger partial charge in [-0.25, -0.2) is 0 Å². The van der Waals surface area contributed by atoms with E-state index < -0.39 is 17.9 Å². The van der Waals surface area contributed by atoms with Crippen molar-refractivity contribution < 1.29 is 9.90 Å². The zero-order valence-corrected chi connectivity index (χ0v) is 10.1. The van der Waals surface area contributed by atoms with Gasteiger partial charge < -0.3 is 10.8 Å². The summed E-state index contributed by atoms with van der Waals surface area (Å²) in [5.74, 6) is -1.46. The van der Waals surface area contributed by atoms with Crippen LogP contribution >= 0.6 is 11.6 Å². The molecular formula is C12H16ClNO2. The van der Waals surface area contributed by atoms with E-state index in [4.69, 9.17) is 22.4 Å². The highest BCUT2D eigenvalue weighted by Crippen LogP contribution is 2.27. The first-order valence-electron chi connectivity index (χ1n) is 5.17. The van der Waals surface area contributed by atoms with Gasteiger partial charge in [-0.1, -0.05) is 37.6 Å². The zero-order chi connectivity index (χ0) is 12.3. The Morgan fingerprint density at radius 2 is 1.81 bits per heavy atom. The quantitative estimate of drug-likeness (QED) is 0.852. The maximum Gasteiger partial charge on any atom is 0.308 e. The SMILES string of the molecule is CC(C)C(C(=O)O)C(N)c1ccc(Cl)cc1. The Kier molecular flexibility index (Phi) is 4.33. The molecule has 1 aromatic carbocycles. The molecule has 0 aromatic heterocycles. The molecule has 0 aliphatic heterocycles. The summed E-state index contributed by atoms with van der Waals surface area (Å²) in [6, 6.07) is 6.47. The second kappa shape index (κ2) is 5.32. The van der Waals surface area contributed by atoms with Gasteiger partial charge in [-0.15, -0.1) is 0 Å². The number of benzene rings is 1. The predicted octanol–water partition coefficient (Wildman–Crippen LogP) is 2.70. The second-order valence-corrected chi connectivity index (χ2v) is 4.62. The summed E-state index contributed by atoms with van der Waals surface area (Å²) in [5.41, 5.74) is 6.76. The van der Waals surface area contributed by atoms with Gasteiger partial charge in [0.2, 0.25) is 0 Å². The van der Waals surface area contributed by atoms with Crippen molar-refractivity contribution in [1.82, 2.24) is 0 Å².